The number of nitrogens with one attached hydrogen (secondary N) is 3. The number of aromatic amines is 1. The molecule has 7 nitrogen and oxygen atoms in total. The molecule has 3 aromatic heterocycles. The molecule has 3 aromatic rings. The van der Waals surface area contributed by atoms with Crippen molar-refractivity contribution in [1.82, 2.24) is 25.3 Å². The minimum absolute atomic E-state index is 0.00538. The molecule has 3 N–H and O–H groups in total. The van der Waals surface area contributed by atoms with E-state index in [1.807, 2.05) is 13.8 Å². The summed E-state index contributed by atoms with van der Waals surface area (Å²) in [6.07, 6.45) is 6.63. The van der Waals surface area contributed by atoms with Gasteiger partial charge in [0, 0.05) is 28.9 Å². The summed E-state index contributed by atoms with van der Waals surface area (Å²) < 4.78 is 14.4. The van der Waals surface area contributed by atoms with Crippen molar-refractivity contribution in [3.63, 3.8) is 0 Å². The number of pyridine rings is 1. The Balaban J connectivity index is 1.66. The average Bonchev–Trinajstić information content (AvgIpc) is 2.99. The highest BCUT2D eigenvalue weighted by molar-refractivity contribution is 6.31. The summed E-state index contributed by atoms with van der Waals surface area (Å²) in [7, 11) is 0. The van der Waals surface area contributed by atoms with Gasteiger partial charge in [0.15, 0.2) is 17.5 Å². The van der Waals surface area contributed by atoms with Gasteiger partial charge in [-0.05, 0) is 39.2 Å². The van der Waals surface area contributed by atoms with Crippen molar-refractivity contribution >= 4 is 34.4 Å². The number of rotatable bonds is 3. The Hall–Kier alpha value is -2.74. The molecule has 1 aliphatic rings. The van der Waals surface area contributed by atoms with Crippen molar-refractivity contribution in [3.05, 3.63) is 35.5 Å². The number of fused-ring (bicyclic) bond motifs is 1. The summed E-state index contributed by atoms with van der Waals surface area (Å²) in [5.41, 5.74) is 1.01. The van der Waals surface area contributed by atoms with E-state index in [0.29, 0.717) is 28.5 Å². The third-order valence-electron chi connectivity index (χ3n) is 4.87. The summed E-state index contributed by atoms with van der Waals surface area (Å²) >= 11 is 6.04. The fraction of sp³-hybridized carbons (Fsp3) is 0.368. The molecule has 9 heteroatoms. The Labute approximate surface area is 166 Å². The molecule has 1 fully saturated rings. The Morgan fingerprint density at radius 1 is 1.32 bits per heavy atom. The first kappa shape index (κ1) is 18.6. The van der Waals surface area contributed by atoms with Gasteiger partial charge in [-0.2, -0.15) is 0 Å². The molecule has 0 aliphatic carbocycles. The first-order chi connectivity index (χ1) is 13.3. The maximum Gasteiger partial charge on any atom is 0.242 e. The first-order valence-electron chi connectivity index (χ1n) is 9.06. The second kappa shape index (κ2) is 7.01. The molecular formula is C19H20ClFN6O. The molecular weight excluding hydrogens is 383 g/mol. The number of aromatic nitrogens is 4. The Morgan fingerprint density at radius 3 is 2.96 bits per heavy atom. The number of carbonyl (C=O) groups excluding carboxylic acids is 1. The SMILES string of the molecule is CC1(C)CCC[C@H](Nc2nc(-c3c[nH]c4ncc(Cl)cc34)ncc2F)C(=O)N1. The number of carbonyl (C=O) groups is 1. The van der Waals surface area contributed by atoms with Crippen LogP contribution in [0.15, 0.2) is 24.7 Å². The molecule has 1 saturated heterocycles. The van der Waals surface area contributed by atoms with E-state index < -0.39 is 11.9 Å². The number of H-pyrrole nitrogens is 1. The van der Waals surface area contributed by atoms with E-state index in [2.05, 4.69) is 30.6 Å². The minimum atomic E-state index is -0.615. The van der Waals surface area contributed by atoms with Crippen LogP contribution in [0.5, 0.6) is 0 Å². The molecule has 28 heavy (non-hydrogen) atoms. The Morgan fingerprint density at radius 2 is 2.14 bits per heavy atom. The van der Waals surface area contributed by atoms with E-state index in [0.717, 1.165) is 24.4 Å². The average molecular weight is 403 g/mol. The van der Waals surface area contributed by atoms with Crippen LogP contribution in [0.3, 0.4) is 0 Å². The van der Waals surface area contributed by atoms with Crippen LogP contribution >= 0.6 is 11.6 Å². The number of hydrogen-bond acceptors (Lipinski definition) is 5. The summed E-state index contributed by atoms with van der Waals surface area (Å²) in [4.78, 5) is 28.2. The van der Waals surface area contributed by atoms with Gasteiger partial charge in [-0.15, -0.1) is 0 Å². The summed E-state index contributed by atoms with van der Waals surface area (Å²) in [5.74, 6) is -0.469. The quantitative estimate of drug-likeness (QED) is 0.621. The summed E-state index contributed by atoms with van der Waals surface area (Å²) in [6.45, 7) is 3.96. The maximum atomic E-state index is 14.4. The molecule has 1 atom stereocenters. The van der Waals surface area contributed by atoms with E-state index in [-0.39, 0.29) is 17.3 Å². The predicted octanol–water partition coefficient (Wildman–Crippen LogP) is 3.67. The number of hydrogen-bond donors (Lipinski definition) is 3. The van der Waals surface area contributed by atoms with E-state index in [4.69, 9.17) is 11.6 Å². The van der Waals surface area contributed by atoms with Gasteiger partial charge in [0.2, 0.25) is 5.91 Å². The van der Waals surface area contributed by atoms with Crippen molar-refractivity contribution in [1.29, 1.82) is 0 Å². The highest BCUT2D eigenvalue weighted by Crippen LogP contribution is 2.28. The molecule has 0 unspecified atom stereocenters. The van der Waals surface area contributed by atoms with Crippen LogP contribution in [-0.2, 0) is 4.79 Å². The lowest BCUT2D eigenvalue weighted by Crippen LogP contribution is -2.47. The first-order valence-corrected chi connectivity index (χ1v) is 9.44. The van der Waals surface area contributed by atoms with E-state index in [9.17, 15) is 9.18 Å². The molecule has 0 spiro atoms. The lowest BCUT2D eigenvalue weighted by atomic mass is 9.99. The zero-order valence-corrected chi connectivity index (χ0v) is 16.3. The van der Waals surface area contributed by atoms with Gasteiger partial charge < -0.3 is 15.6 Å². The maximum absolute atomic E-state index is 14.4. The van der Waals surface area contributed by atoms with E-state index in [1.54, 1.807) is 12.3 Å². The highest BCUT2D eigenvalue weighted by Gasteiger charge is 2.30. The van der Waals surface area contributed by atoms with Crippen LogP contribution in [0.25, 0.3) is 22.4 Å². The zero-order chi connectivity index (χ0) is 19.9. The lowest BCUT2D eigenvalue weighted by molar-refractivity contribution is -0.122. The molecule has 0 radical (unpaired) electrons. The smallest absolute Gasteiger partial charge is 0.242 e. The topological polar surface area (TPSA) is 95.6 Å². The number of anilines is 1. The van der Waals surface area contributed by atoms with E-state index >= 15 is 0 Å². The molecule has 1 amide bonds. The fourth-order valence-electron chi connectivity index (χ4n) is 3.43. The van der Waals surface area contributed by atoms with Crippen molar-refractivity contribution in [3.8, 4) is 11.4 Å². The van der Waals surface area contributed by atoms with Gasteiger partial charge >= 0.3 is 0 Å². The fourth-order valence-corrected chi connectivity index (χ4v) is 3.58. The van der Waals surface area contributed by atoms with Crippen molar-refractivity contribution in [2.75, 3.05) is 5.32 Å². The second-order valence-electron chi connectivity index (χ2n) is 7.60. The second-order valence-corrected chi connectivity index (χ2v) is 8.04. The van der Waals surface area contributed by atoms with Crippen molar-refractivity contribution in [2.45, 2.75) is 44.7 Å². The van der Waals surface area contributed by atoms with Crippen molar-refractivity contribution < 1.29 is 9.18 Å². The number of nitrogens with zero attached hydrogens (tertiary/aromatic N) is 3. The molecule has 0 bridgehead atoms. The third-order valence-corrected chi connectivity index (χ3v) is 5.07. The van der Waals surface area contributed by atoms with Gasteiger partial charge in [0.1, 0.15) is 11.7 Å². The summed E-state index contributed by atoms with van der Waals surface area (Å²) in [5, 5.41) is 7.15. The van der Waals surface area contributed by atoms with Crippen LogP contribution in [0.4, 0.5) is 10.2 Å². The van der Waals surface area contributed by atoms with E-state index in [1.165, 1.54) is 6.20 Å². The van der Waals surface area contributed by atoms with Crippen LogP contribution in [0.2, 0.25) is 5.02 Å². The largest absolute Gasteiger partial charge is 0.356 e. The van der Waals surface area contributed by atoms with Crippen LogP contribution in [0.1, 0.15) is 33.1 Å². The predicted molar refractivity (Wildman–Crippen MR) is 106 cm³/mol. The standard InChI is InChI=1S/C19H20ClFN6O/c1-19(2)5-3-4-14(18(28)27-19)25-17-13(21)9-24-16(26-17)12-8-23-15-11(12)6-10(20)7-22-15/h6-9,14H,3-5H2,1-2H3,(H,22,23)(H,27,28)(H,24,25,26)/t14-/m0/s1. The van der Waals surface area contributed by atoms with Crippen molar-refractivity contribution in [2.24, 2.45) is 0 Å². The molecule has 0 aromatic carbocycles. The zero-order valence-electron chi connectivity index (χ0n) is 15.5. The van der Waals surface area contributed by atoms with Crippen LogP contribution in [-0.4, -0.2) is 37.4 Å². The summed E-state index contributed by atoms with van der Waals surface area (Å²) in [6, 6.07) is 1.19. The Kier molecular flexibility index (Phi) is 4.66. The van der Waals surface area contributed by atoms with Gasteiger partial charge in [0.05, 0.1) is 11.2 Å². The van der Waals surface area contributed by atoms with Crippen LogP contribution < -0.4 is 10.6 Å². The van der Waals surface area contributed by atoms with Gasteiger partial charge in [-0.25, -0.2) is 19.3 Å². The number of halogens is 2. The lowest BCUT2D eigenvalue weighted by Gasteiger charge is -2.24. The third kappa shape index (κ3) is 3.64. The molecule has 4 heterocycles. The minimum Gasteiger partial charge on any atom is -0.356 e. The normalized spacial score (nSPS) is 19.3. The highest BCUT2D eigenvalue weighted by atomic mass is 35.5. The molecule has 0 saturated carbocycles. The van der Waals surface area contributed by atoms with Gasteiger partial charge in [-0.1, -0.05) is 11.6 Å². The molecule has 146 valence electrons. The van der Waals surface area contributed by atoms with Gasteiger partial charge in [-0.3, -0.25) is 4.79 Å². The van der Waals surface area contributed by atoms with Crippen LogP contribution in [0, 0.1) is 5.82 Å². The molecule has 1 aliphatic heterocycles. The van der Waals surface area contributed by atoms with Gasteiger partial charge in [0.25, 0.3) is 0 Å². The number of amides is 1. The molecule has 4 rings (SSSR count). The Bertz CT molecular complexity index is 1050. The monoisotopic (exact) mass is 402 g/mol.